The number of aliphatic hydroxyl groups is 1. The van der Waals surface area contributed by atoms with Crippen molar-refractivity contribution in [1.82, 2.24) is 0 Å². The summed E-state index contributed by atoms with van der Waals surface area (Å²) in [7, 11) is 0. The van der Waals surface area contributed by atoms with Crippen molar-refractivity contribution in [2.24, 2.45) is 0 Å². The zero-order chi connectivity index (χ0) is 10.3. The third-order valence-electron chi connectivity index (χ3n) is 2.56. The molecule has 4 heteroatoms. The molecule has 0 saturated heterocycles. The molecule has 1 aliphatic heterocycles. The van der Waals surface area contributed by atoms with Gasteiger partial charge in [0.25, 0.3) is 5.91 Å². The zero-order valence-corrected chi connectivity index (χ0v) is 9.26. The van der Waals surface area contributed by atoms with E-state index in [-0.39, 0.29) is 5.91 Å². The predicted octanol–water partition coefficient (Wildman–Crippen LogP) is 2.00. The maximum absolute atomic E-state index is 11.6. The van der Waals surface area contributed by atoms with Gasteiger partial charge in [-0.2, -0.15) is 0 Å². The van der Waals surface area contributed by atoms with E-state index in [0.717, 1.165) is 4.47 Å². The monoisotopic (exact) mass is 255 g/mol. The molecule has 14 heavy (non-hydrogen) atoms. The van der Waals surface area contributed by atoms with Gasteiger partial charge in [0.2, 0.25) is 0 Å². The van der Waals surface area contributed by atoms with Crippen LogP contribution in [-0.2, 0) is 10.4 Å². The number of nitrogens with one attached hydrogen (secondary N) is 1. The lowest BCUT2D eigenvalue weighted by molar-refractivity contribution is -0.133. The van der Waals surface area contributed by atoms with Crippen LogP contribution in [0, 0.1) is 0 Å². The molecule has 0 saturated carbocycles. The number of rotatable bonds is 1. The van der Waals surface area contributed by atoms with Crippen molar-refractivity contribution in [3.63, 3.8) is 0 Å². The summed E-state index contributed by atoms with van der Waals surface area (Å²) in [4.78, 5) is 11.6. The van der Waals surface area contributed by atoms with Gasteiger partial charge in [0.15, 0.2) is 5.60 Å². The second kappa shape index (κ2) is 3.07. The Morgan fingerprint density at radius 3 is 2.93 bits per heavy atom. The molecule has 0 aliphatic carbocycles. The van der Waals surface area contributed by atoms with Crippen molar-refractivity contribution in [2.45, 2.75) is 18.9 Å². The highest BCUT2D eigenvalue weighted by atomic mass is 79.9. The highest BCUT2D eigenvalue weighted by molar-refractivity contribution is 9.10. The molecule has 74 valence electrons. The first kappa shape index (κ1) is 9.68. The standard InChI is InChI=1S/C10H10BrNO2/c1-2-10(14)8-6(11)4-3-5-7(8)12-9(10)13/h3-5,14H,2H2,1H3,(H,12,13). The molecule has 1 aromatic carbocycles. The number of amides is 1. The Hall–Kier alpha value is -0.870. The number of hydrogen-bond donors (Lipinski definition) is 2. The van der Waals surface area contributed by atoms with Crippen molar-refractivity contribution in [1.29, 1.82) is 0 Å². The predicted molar refractivity (Wildman–Crippen MR) is 57.0 cm³/mol. The van der Waals surface area contributed by atoms with E-state index in [9.17, 15) is 9.90 Å². The summed E-state index contributed by atoms with van der Waals surface area (Å²) in [6.07, 6.45) is 0.369. The van der Waals surface area contributed by atoms with Crippen molar-refractivity contribution in [2.75, 3.05) is 5.32 Å². The van der Waals surface area contributed by atoms with E-state index in [0.29, 0.717) is 17.7 Å². The third kappa shape index (κ3) is 1.11. The number of carbonyl (C=O) groups excluding carboxylic acids is 1. The van der Waals surface area contributed by atoms with Gasteiger partial charge in [-0.3, -0.25) is 4.79 Å². The number of fused-ring (bicyclic) bond motifs is 1. The summed E-state index contributed by atoms with van der Waals surface area (Å²) in [6.45, 7) is 1.79. The van der Waals surface area contributed by atoms with Crippen LogP contribution in [-0.4, -0.2) is 11.0 Å². The number of carbonyl (C=O) groups is 1. The Labute approximate surface area is 90.3 Å². The smallest absolute Gasteiger partial charge is 0.261 e. The molecule has 0 radical (unpaired) electrons. The van der Waals surface area contributed by atoms with Crippen molar-refractivity contribution < 1.29 is 9.90 Å². The van der Waals surface area contributed by atoms with E-state index in [4.69, 9.17) is 0 Å². The van der Waals surface area contributed by atoms with E-state index < -0.39 is 5.60 Å². The second-order valence-corrected chi connectivity index (χ2v) is 4.18. The van der Waals surface area contributed by atoms with Crippen LogP contribution in [0.15, 0.2) is 22.7 Å². The van der Waals surface area contributed by atoms with Gasteiger partial charge in [0.05, 0.1) is 0 Å². The number of anilines is 1. The van der Waals surface area contributed by atoms with Gasteiger partial charge >= 0.3 is 0 Å². The van der Waals surface area contributed by atoms with Gasteiger partial charge in [-0.25, -0.2) is 0 Å². The molecule has 1 aliphatic rings. The van der Waals surface area contributed by atoms with E-state index in [1.807, 2.05) is 12.1 Å². The molecule has 0 bridgehead atoms. The molecule has 1 heterocycles. The van der Waals surface area contributed by atoms with Gasteiger partial charge in [0.1, 0.15) is 0 Å². The lowest BCUT2D eigenvalue weighted by atomic mass is 9.93. The minimum Gasteiger partial charge on any atom is -0.375 e. The number of hydrogen-bond acceptors (Lipinski definition) is 2. The van der Waals surface area contributed by atoms with Crippen molar-refractivity contribution in [3.05, 3.63) is 28.2 Å². The van der Waals surface area contributed by atoms with Gasteiger partial charge in [-0.1, -0.05) is 28.9 Å². The summed E-state index contributed by atoms with van der Waals surface area (Å²) < 4.78 is 0.762. The van der Waals surface area contributed by atoms with Crippen LogP contribution in [0.3, 0.4) is 0 Å². The minimum absolute atomic E-state index is 0.345. The van der Waals surface area contributed by atoms with E-state index >= 15 is 0 Å². The van der Waals surface area contributed by atoms with E-state index in [1.165, 1.54) is 0 Å². The molecule has 1 unspecified atom stereocenters. The lowest BCUT2D eigenvalue weighted by Crippen LogP contribution is -2.33. The summed E-state index contributed by atoms with van der Waals surface area (Å²) in [5.41, 5.74) is -0.0451. The minimum atomic E-state index is -1.38. The fraction of sp³-hybridized carbons (Fsp3) is 0.300. The van der Waals surface area contributed by atoms with Crippen LogP contribution in [0.5, 0.6) is 0 Å². The second-order valence-electron chi connectivity index (χ2n) is 3.33. The van der Waals surface area contributed by atoms with Crippen molar-refractivity contribution in [3.8, 4) is 0 Å². The van der Waals surface area contributed by atoms with E-state index in [2.05, 4.69) is 21.2 Å². The molecule has 2 N–H and O–H groups in total. The summed E-state index contributed by atoms with van der Waals surface area (Å²) in [6, 6.07) is 5.43. The van der Waals surface area contributed by atoms with Gasteiger partial charge in [-0.15, -0.1) is 0 Å². The first-order valence-electron chi connectivity index (χ1n) is 4.42. The van der Waals surface area contributed by atoms with Crippen LogP contribution in [0.1, 0.15) is 18.9 Å². The highest BCUT2D eigenvalue weighted by Gasteiger charge is 2.44. The van der Waals surface area contributed by atoms with Crippen LogP contribution in [0.2, 0.25) is 0 Å². The summed E-state index contributed by atoms with van der Waals surface area (Å²) in [5, 5.41) is 12.8. The fourth-order valence-electron chi connectivity index (χ4n) is 1.73. The Balaban J connectivity index is 2.67. The molecule has 1 atom stereocenters. The van der Waals surface area contributed by atoms with Gasteiger partial charge < -0.3 is 10.4 Å². The largest absolute Gasteiger partial charge is 0.375 e. The zero-order valence-electron chi connectivity index (χ0n) is 7.67. The maximum atomic E-state index is 11.6. The highest BCUT2D eigenvalue weighted by Crippen LogP contribution is 2.42. The first-order chi connectivity index (χ1) is 6.59. The lowest BCUT2D eigenvalue weighted by Gasteiger charge is -2.19. The van der Waals surface area contributed by atoms with Crippen LogP contribution < -0.4 is 5.32 Å². The number of halogens is 1. The quantitative estimate of drug-likeness (QED) is 0.807. The molecule has 3 nitrogen and oxygen atoms in total. The molecule has 0 fully saturated rings. The molecule has 1 amide bonds. The Kier molecular flexibility index (Phi) is 2.12. The fourth-order valence-corrected chi connectivity index (χ4v) is 2.42. The average molecular weight is 256 g/mol. The van der Waals surface area contributed by atoms with Crippen LogP contribution in [0.4, 0.5) is 5.69 Å². The third-order valence-corrected chi connectivity index (χ3v) is 3.22. The molecule has 2 rings (SSSR count). The van der Waals surface area contributed by atoms with Gasteiger partial charge in [0, 0.05) is 15.7 Å². The topological polar surface area (TPSA) is 49.3 Å². The summed E-state index contributed by atoms with van der Waals surface area (Å²) >= 11 is 3.34. The summed E-state index contributed by atoms with van der Waals surface area (Å²) in [5.74, 6) is -0.345. The molecule has 1 aromatic rings. The molecular formula is C10H10BrNO2. The normalized spacial score (nSPS) is 24.6. The molecular weight excluding hydrogens is 246 g/mol. The Morgan fingerprint density at radius 1 is 1.57 bits per heavy atom. The SMILES string of the molecule is CCC1(O)C(=O)Nc2cccc(Br)c21. The van der Waals surface area contributed by atoms with E-state index in [1.54, 1.807) is 13.0 Å². The maximum Gasteiger partial charge on any atom is 0.261 e. The van der Waals surface area contributed by atoms with Crippen LogP contribution in [0.25, 0.3) is 0 Å². The molecule has 0 spiro atoms. The number of benzene rings is 1. The van der Waals surface area contributed by atoms with Crippen molar-refractivity contribution >= 4 is 27.5 Å². The first-order valence-corrected chi connectivity index (χ1v) is 5.21. The molecule has 0 aromatic heterocycles. The Morgan fingerprint density at radius 2 is 2.29 bits per heavy atom. The Bertz CT molecular complexity index is 405. The van der Waals surface area contributed by atoms with Gasteiger partial charge in [-0.05, 0) is 18.6 Å². The van der Waals surface area contributed by atoms with Crippen LogP contribution >= 0.6 is 15.9 Å². The average Bonchev–Trinajstić information content (AvgIpc) is 2.41.